The summed E-state index contributed by atoms with van der Waals surface area (Å²) in [6.07, 6.45) is 6.46. The van der Waals surface area contributed by atoms with Gasteiger partial charge in [-0.15, -0.1) is 19.0 Å². The molecule has 0 heterocycles. The van der Waals surface area contributed by atoms with Gasteiger partial charge in [-0.2, -0.15) is 8.42 Å². The Labute approximate surface area is 102 Å². The molecule has 0 bridgehead atoms. The second-order valence-corrected chi connectivity index (χ2v) is 4.38. The summed E-state index contributed by atoms with van der Waals surface area (Å²) >= 11 is 0. The van der Waals surface area contributed by atoms with E-state index in [4.69, 9.17) is 5.73 Å². The number of hydrogen-bond acceptors (Lipinski definition) is 4. The number of nitrogens with two attached hydrogens (primary N) is 1. The summed E-state index contributed by atoms with van der Waals surface area (Å²) in [5.41, 5.74) is 4.40. The predicted octanol–water partition coefficient (Wildman–Crippen LogP) is 1.07. The van der Waals surface area contributed by atoms with Crippen molar-refractivity contribution in [3.05, 3.63) is 12.7 Å². The third kappa shape index (κ3) is 4.42. The quantitative estimate of drug-likeness (QED) is 0.757. The molecule has 2 fully saturated rings. The van der Waals surface area contributed by atoms with E-state index in [0.717, 1.165) is 0 Å². The van der Waals surface area contributed by atoms with Crippen LogP contribution in [0, 0.1) is 5.92 Å². The van der Waals surface area contributed by atoms with E-state index in [9.17, 15) is 13.2 Å². The molecular formula is C9H15ClN2O3S. The highest BCUT2D eigenvalue weighted by Crippen LogP contribution is 2.42. The molecule has 1 amide bonds. The summed E-state index contributed by atoms with van der Waals surface area (Å²) in [7, 11) is -2.71. The Balaban J connectivity index is 0.000000485. The van der Waals surface area contributed by atoms with Gasteiger partial charge in [0.15, 0.2) is 0 Å². The molecule has 5 nitrogen and oxygen atoms in total. The number of rotatable bonds is 2. The van der Waals surface area contributed by atoms with Crippen LogP contribution < -0.4 is 5.73 Å². The van der Waals surface area contributed by atoms with E-state index in [0.29, 0.717) is 6.42 Å². The summed E-state index contributed by atoms with van der Waals surface area (Å²) in [5, 5.41) is 0. The van der Waals surface area contributed by atoms with E-state index in [1.54, 1.807) is 0 Å². The maximum absolute atomic E-state index is 11.0. The third-order valence-corrected chi connectivity index (χ3v) is 2.57. The fourth-order valence-corrected chi connectivity index (χ4v) is 1.30. The van der Waals surface area contributed by atoms with Crippen LogP contribution in [-0.4, -0.2) is 19.9 Å². The molecule has 92 valence electrons. The van der Waals surface area contributed by atoms with Crippen LogP contribution >= 0.6 is 12.4 Å². The molecule has 0 aromatic rings. The zero-order valence-electron chi connectivity index (χ0n) is 8.76. The van der Waals surface area contributed by atoms with Crippen molar-refractivity contribution in [1.29, 1.82) is 0 Å². The van der Waals surface area contributed by atoms with Gasteiger partial charge >= 0.3 is 10.5 Å². The van der Waals surface area contributed by atoms with E-state index < -0.39 is 21.9 Å². The van der Waals surface area contributed by atoms with Gasteiger partial charge in [-0.1, -0.05) is 29.7 Å². The zero-order valence-corrected chi connectivity index (χ0v) is 10.4. The zero-order chi connectivity index (χ0) is 11.5. The van der Waals surface area contributed by atoms with Crippen molar-refractivity contribution in [1.82, 2.24) is 0 Å². The maximum atomic E-state index is 11.0. The SMILES string of the molecule is C1CC1.C=C[C@@H]1C[C@]1(N)C(=O)N=S(=O)=O.Cl. The Morgan fingerprint density at radius 3 is 2.19 bits per heavy atom. The predicted molar refractivity (Wildman–Crippen MR) is 62.7 cm³/mol. The van der Waals surface area contributed by atoms with Crippen LogP contribution in [0.2, 0.25) is 0 Å². The molecule has 2 aliphatic rings. The van der Waals surface area contributed by atoms with Crippen molar-refractivity contribution < 1.29 is 13.2 Å². The maximum Gasteiger partial charge on any atom is 0.319 e. The fraction of sp³-hybridized carbons (Fsp3) is 0.667. The van der Waals surface area contributed by atoms with Crippen LogP contribution in [0.1, 0.15) is 25.7 Å². The molecule has 0 saturated heterocycles. The number of nitrogens with zero attached hydrogens (tertiary/aromatic N) is 1. The molecule has 7 heteroatoms. The lowest BCUT2D eigenvalue weighted by Gasteiger charge is -2.00. The second kappa shape index (κ2) is 6.12. The minimum Gasteiger partial charge on any atom is -0.317 e. The summed E-state index contributed by atoms with van der Waals surface area (Å²) in [4.78, 5) is 11.0. The fourth-order valence-electron chi connectivity index (χ4n) is 0.997. The van der Waals surface area contributed by atoms with Gasteiger partial charge in [0, 0.05) is 5.92 Å². The molecule has 0 unspecified atom stereocenters. The molecule has 16 heavy (non-hydrogen) atoms. The molecule has 2 aliphatic carbocycles. The lowest BCUT2D eigenvalue weighted by atomic mass is 10.2. The summed E-state index contributed by atoms with van der Waals surface area (Å²) in [6, 6.07) is 0. The molecule has 0 radical (unpaired) electrons. The Morgan fingerprint density at radius 2 is 1.94 bits per heavy atom. The lowest BCUT2D eigenvalue weighted by molar-refractivity contribution is -0.119. The van der Waals surface area contributed by atoms with Gasteiger partial charge in [-0.05, 0) is 6.42 Å². The van der Waals surface area contributed by atoms with E-state index >= 15 is 0 Å². The monoisotopic (exact) mass is 266 g/mol. The van der Waals surface area contributed by atoms with Gasteiger partial charge in [0.25, 0.3) is 5.91 Å². The van der Waals surface area contributed by atoms with E-state index in [1.165, 1.54) is 25.3 Å². The van der Waals surface area contributed by atoms with Gasteiger partial charge in [0.2, 0.25) is 0 Å². The molecule has 0 aromatic carbocycles. The Morgan fingerprint density at radius 1 is 1.44 bits per heavy atom. The van der Waals surface area contributed by atoms with Crippen molar-refractivity contribution in [2.24, 2.45) is 16.0 Å². The van der Waals surface area contributed by atoms with Crippen LogP contribution in [0.4, 0.5) is 0 Å². The Hall–Kier alpha value is -0.720. The van der Waals surface area contributed by atoms with Gasteiger partial charge in [0.05, 0.1) is 0 Å². The van der Waals surface area contributed by atoms with Crippen molar-refractivity contribution in [2.45, 2.75) is 31.2 Å². The normalized spacial score (nSPS) is 28.7. The molecule has 2 saturated carbocycles. The standard InChI is InChI=1S/C6H8N2O3S.C3H6.ClH/c1-2-4-3-6(4,7)5(9)8-12(10)11;1-2-3-1;/h2,4H,1,3,7H2;1-3H2;1H/t4-,6-;;/m1../s1. The summed E-state index contributed by atoms with van der Waals surface area (Å²) in [6.45, 7) is 3.45. The third-order valence-electron chi connectivity index (χ3n) is 2.25. The van der Waals surface area contributed by atoms with Gasteiger partial charge in [0.1, 0.15) is 5.54 Å². The first kappa shape index (κ1) is 15.3. The summed E-state index contributed by atoms with van der Waals surface area (Å²) in [5.74, 6) is -0.932. The van der Waals surface area contributed by atoms with Crippen molar-refractivity contribution in [3.8, 4) is 0 Å². The van der Waals surface area contributed by atoms with Crippen LogP contribution in [0.25, 0.3) is 0 Å². The molecule has 2 N–H and O–H groups in total. The molecule has 0 spiro atoms. The van der Waals surface area contributed by atoms with E-state index in [2.05, 4.69) is 10.9 Å². The number of hydrogen-bond donors (Lipinski definition) is 1. The highest BCUT2D eigenvalue weighted by Gasteiger charge is 2.55. The van der Waals surface area contributed by atoms with Crippen molar-refractivity contribution in [2.75, 3.05) is 0 Å². The lowest BCUT2D eigenvalue weighted by Crippen LogP contribution is -2.33. The topological polar surface area (TPSA) is 89.6 Å². The minimum atomic E-state index is -2.71. The first-order valence-corrected chi connectivity index (χ1v) is 5.81. The van der Waals surface area contributed by atoms with Crippen LogP contribution in [0.3, 0.4) is 0 Å². The molecular weight excluding hydrogens is 252 g/mol. The number of amides is 1. The van der Waals surface area contributed by atoms with Gasteiger partial charge in [-0.25, -0.2) is 0 Å². The highest BCUT2D eigenvalue weighted by atomic mass is 35.5. The Kier molecular flexibility index (Phi) is 5.85. The first-order chi connectivity index (χ1) is 7.00. The largest absolute Gasteiger partial charge is 0.319 e. The van der Waals surface area contributed by atoms with Gasteiger partial charge < -0.3 is 5.73 Å². The number of carbonyl (C=O) groups is 1. The van der Waals surface area contributed by atoms with Crippen molar-refractivity contribution in [3.63, 3.8) is 0 Å². The van der Waals surface area contributed by atoms with E-state index in [1.807, 2.05) is 0 Å². The van der Waals surface area contributed by atoms with Crippen LogP contribution in [0.5, 0.6) is 0 Å². The van der Waals surface area contributed by atoms with Crippen LogP contribution in [0.15, 0.2) is 17.0 Å². The van der Waals surface area contributed by atoms with E-state index in [-0.39, 0.29) is 18.3 Å². The van der Waals surface area contributed by atoms with Crippen LogP contribution in [-0.2, 0) is 15.3 Å². The summed E-state index contributed by atoms with van der Waals surface area (Å²) < 4.78 is 22.8. The minimum absolute atomic E-state index is 0. The average molecular weight is 267 g/mol. The second-order valence-electron chi connectivity index (χ2n) is 3.76. The highest BCUT2D eigenvalue weighted by molar-refractivity contribution is 7.62. The van der Waals surface area contributed by atoms with Gasteiger partial charge in [-0.3, -0.25) is 4.79 Å². The molecule has 2 rings (SSSR count). The average Bonchev–Trinajstić information content (AvgIpc) is 2.99. The molecule has 2 atom stereocenters. The molecule has 0 aromatic heterocycles. The number of halogens is 1. The molecule has 0 aliphatic heterocycles. The number of carbonyl (C=O) groups excluding carboxylic acids is 1. The van der Waals surface area contributed by atoms with Crippen molar-refractivity contribution >= 4 is 28.8 Å². The smallest absolute Gasteiger partial charge is 0.317 e. The Bertz CT molecular complexity index is 394. The first-order valence-electron chi connectivity index (χ1n) is 4.77.